The van der Waals surface area contributed by atoms with E-state index < -0.39 is 5.60 Å². The molecule has 174 valence electrons. The number of para-hydroxylation sites is 1. The molecular weight excluding hydrogens is 433 g/mol. The Balaban J connectivity index is 1.23. The fourth-order valence-corrected chi connectivity index (χ4v) is 4.76. The quantitative estimate of drug-likeness (QED) is 0.561. The molecule has 2 amide bonds. The van der Waals surface area contributed by atoms with Crippen molar-refractivity contribution in [1.29, 1.82) is 0 Å². The van der Waals surface area contributed by atoms with Gasteiger partial charge in [0.15, 0.2) is 0 Å². The molecule has 2 aromatic carbocycles. The van der Waals surface area contributed by atoms with E-state index in [1.54, 1.807) is 23.2 Å². The number of aromatic nitrogens is 1. The third-order valence-electron chi connectivity index (χ3n) is 6.57. The smallest absolute Gasteiger partial charge is 0.415 e. The summed E-state index contributed by atoms with van der Waals surface area (Å²) in [6.45, 7) is 1.61. The van der Waals surface area contributed by atoms with Crippen LogP contribution in [0.15, 0.2) is 72.9 Å². The van der Waals surface area contributed by atoms with Crippen LogP contribution in [0.1, 0.15) is 40.9 Å². The number of benzene rings is 2. The van der Waals surface area contributed by atoms with Gasteiger partial charge in [-0.05, 0) is 54.8 Å². The van der Waals surface area contributed by atoms with Crippen molar-refractivity contribution in [2.75, 3.05) is 24.5 Å². The maximum atomic E-state index is 13.4. The van der Waals surface area contributed by atoms with Crippen LogP contribution in [0.5, 0.6) is 0 Å². The van der Waals surface area contributed by atoms with E-state index in [2.05, 4.69) is 4.98 Å². The van der Waals surface area contributed by atoms with Crippen LogP contribution in [0.4, 0.5) is 14.9 Å². The first-order chi connectivity index (χ1) is 16.5. The van der Waals surface area contributed by atoms with Crippen molar-refractivity contribution in [3.05, 3.63) is 95.6 Å². The lowest BCUT2D eigenvalue weighted by Gasteiger charge is -2.25. The molecule has 6 nitrogen and oxygen atoms in total. The van der Waals surface area contributed by atoms with E-state index in [4.69, 9.17) is 4.74 Å². The number of amides is 2. The Morgan fingerprint density at radius 2 is 1.88 bits per heavy atom. The van der Waals surface area contributed by atoms with Crippen LogP contribution in [0.2, 0.25) is 0 Å². The fourth-order valence-electron chi connectivity index (χ4n) is 4.76. The molecule has 2 aliphatic heterocycles. The summed E-state index contributed by atoms with van der Waals surface area (Å²) in [5.41, 5.74) is 2.38. The van der Waals surface area contributed by atoms with Crippen molar-refractivity contribution in [2.24, 2.45) is 0 Å². The van der Waals surface area contributed by atoms with E-state index in [1.807, 2.05) is 47.4 Å². The average Bonchev–Trinajstić information content (AvgIpc) is 3.03. The van der Waals surface area contributed by atoms with Crippen molar-refractivity contribution in [3.8, 4) is 0 Å². The molecule has 7 heteroatoms. The third kappa shape index (κ3) is 4.64. The summed E-state index contributed by atoms with van der Waals surface area (Å²) in [5, 5.41) is 0. The predicted molar refractivity (Wildman–Crippen MR) is 126 cm³/mol. The standard InChI is InChI=1S/C27H26FN3O3/c28-22-7-4-6-20(16-22)17-23-11-10-21(18-29-23)25(32)30-14-5-12-27(13-15-30)19-31(26(33)34-27)24-8-2-1-3-9-24/h1-4,6-11,16,18H,5,12-15,17,19H2/t27-/m1/s1. The van der Waals surface area contributed by atoms with Crippen molar-refractivity contribution in [1.82, 2.24) is 9.88 Å². The molecule has 2 fully saturated rings. The summed E-state index contributed by atoms with van der Waals surface area (Å²) in [7, 11) is 0. The van der Waals surface area contributed by atoms with E-state index >= 15 is 0 Å². The summed E-state index contributed by atoms with van der Waals surface area (Å²) in [4.78, 5) is 33.6. The van der Waals surface area contributed by atoms with Crippen LogP contribution in [0.25, 0.3) is 0 Å². The molecule has 3 aromatic rings. The summed E-state index contributed by atoms with van der Waals surface area (Å²) < 4.78 is 19.3. The molecule has 2 aliphatic rings. The van der Waals surface area contributed by atoms with E-state index in [-0.39, 0.29) is 17.8 Å². The number of anilines is 1. The topological polar surface area (TPSA) is 62.7 Å². The lowest BCUT2D eigenvalue weighted by Crippen LogP contribution is -2.37. The molecule has 5 rings (SSSR count). The number of nitrogens with zero attached hydrogens (tertiary/aromatic N) is 3. The summed E-state index contributed by atoms with van der Waals surface area (Å²) in [6.07, 6.45) is 3.83. The zero-order valence-corrected chi connectivity index (χ0v) is 18.8. The van der Waals surface area contributed by atoms with Crippen molar-refractivity contribution in [2.45, 2.75) is 31.3 Å². The highest BCUT2D eigenvalue weighted by atomic mass is 19.1. The largest absolute Gasteiger partial charge is 0.441 e. The van der Waals surface area contributed by atoms with Crippen LogP contribution < -0.4 is 4.90 Å². The second-order valence-electron chi connectivity index (χ2n) is 8.96. The van der Waals surface area contributed by atoms with Gasteiger partial charge in [-0.1, -0.05) is 30.3 Å². The van der Waals surface area contributed by atoms with E-state index in [0.29, 0.717) is 38.0 Å². The van der Waals surface area contributed by atoms with Gasteiger partial charge < -0.3 is 9.64 Å². The maximum Gasteiger partial charge on any atom is 0.415 e. The minimum Gasteiger partial charge on any atom is -0.441 e. The maximum absolute atomic E-state index is 13.4. The van der Waals surface area contributed by atoms with E-state index in [9.17, 15) is 14.0 Å². The van der Waals surface area contributed by atoms with Gasteiger partial charge in [0.2, 0.25) is 0 Å². The minimum absolute atomic E-state index is 0.0777. The molecule has 1 atom stereocenters. The second-order valence-corrected chi connectivity index (χ2v) is 8.96. The first-order valence-corrected chi connectivity index (χ1v) is 11.6. The SMILES string of the molecule is O=C(c1ccc(Cc2cccc(F)c2)nc1)N1CCC[C@@]2(CC1)CN(c1ccccc1)C(=O)O2. The van der Waals surface area contributed by atoms with Gasteiger partial charge in [-0.25, -0.2) is 9.18 Å². The van der Waals surface area contributed by atoms with Crippen LogP contribution in [-0.4, -0.2) is 47.1 Å². The van der Waals surface area contributed by atoms with Crippen molar-refractivity contribution >= 4 is 17.7 Å². The fraction of sp³-hybridized carbons (Fsp3) is 0.296. The Morgan fingerprint density at radius 1 is 1.03 bits per heavy atom. The van der Waals surface area contributed by atoms with Gasteiger partial charge in [-0.15, -0.1) is 0 Å². The Morgan fingerprint density at radius 3 is 2.65 bits per heavy atom. The minimum atomic E-state index is -0.574. The number of likely N-dealkylation sites (tertiary alicyclic amines) is 1. The Bertz CT molecular complexity index is 1190. The van der Waals surface area contributed by atoms with Gasteiger partial charge in [0, 0.05) is 43.5 Å². The molecule has 34 heavy (non-hydrogen) atoms. The van der Waals surface area contributed by atoms with Crippen LogP contribution in [-0.2, 0) is 11.2 Å². The molecule has 0 radical (unpaired) electrons. The number of rotatable bonds is 4. The monoisotopic (exact) mass is 459 g/mol. The van der Waals surface area contributed by atoms with Gasteiger partial charge in [0.05, 0.1) is 12.1 Å². The zero-order chi connectivity index (χ0) is 23.5. The van der Waals surface area contributed by atoms with E-state index in [0.717, 1.165) is 29.8 Å². The van der Waals surface area contributed by atoms with Crippen LogP contribution in [0, 0.1) is 5.82 Å². The number of hydrogen-bond acceptors (Lipinski definition) is 4. The third-order valence-corrected chi connectivity index (χ3v) is 6.57. The lowest BCUT2D eigenvalue weighted by molar-refractivity contribution is 0.0438. The van der Waals surface area contributed by atoms with Crippen LogP contribution >= 0.6 is 0 Å². The number of hydrogen-bond donors (Lipinski definition) is 0. The highest BCUT2D eigenvalue weighted by Gasteiger charge is 2.46. The van der Waals surface area contributed by atoms with Gasteiger partial charge in [-0.2, -0.15) is 0 Å². The molecule has 0 unspecified atom stereocenters. The molecule has 1 aromatic heterocycles. The molecule has 0 N–H and O–H groups in total. The number of carbonyl (C=O) groups excluding carboxylic acids is 2. The predicted octanol–water partition coefficient (Wildman–Crippen LogP) is 4.83. The summed E-state index contributed by atoms with van der Waals surface area (Å²) in [6, 6.07) is 19.5. The highest BCUT2D eigenvalue weighted by molar-refractivity contribution is 5.94. The van der Waals surface area contributed by atoms with Gasteiger partial charge in [-0.3, -0.25) is 14.7 Å². The molecule has 2 saturated heterocycles. The zero-order valence-electron chi connectivity index (χ0n) is 18.8. The Kier molecular flexibility index (Phi) is 6.01. The number of ether oxygens (including phenoxy) is 1. The second kappa shape index (κ2) is 9.25. The molecule has 0 saturated carbocycles. The average molecular weight is 460 g/mol. The summed E-state index contributed by atoms with van der Waals surface area (Å²) in [5.74, 6) is -0.353. The van der Waals surface area contributed by atoms with Gasteiger partial charge in [0.25, 0.3) is 5.91 Å². The Hall–Kier alpha value is -3.74. The number of carbonyl (C=O) groups is 2. The normalized spacial score (nSPS) is 20.3. The van der Waals surface area contributed by atoms with E-state index in [1.165, 1.54) is 12.1 Å². The van der Waals surface area contributed by atoms with Crippen LogP contribution in [0.3, 0.4) is 0 Å². The molecule has 0 aliphatic carbocycles. The summed E-state index contributed by atoms with van der Waals surface area (Å²) >= 11 is 0. The van der Waals surface area contributed by atoms with Crippen molar-refractivity contribution in [3.63, 3.8) is 0 Å². The number of halogens is 1. The molecular formula is C27H26FN3O3. The molecule has 1 spiro atoms. The molecule has 0 bridgehead atoms. The van der Waals surface area contributed by atoms with Crippen molar-refractivity contribution < 1.29 is 18.7 Å². The van der Waals surface area contributed by atoms with Gasteiger partial charge in [0.1, 0.15) is 11.4 Å². The highest BCUT2D eigenvalue weighted by Crippen LogP contribution is 2.35. The first-order valence-electron chi connectivity index (χ1n) is 11.6. The Labute approximate surface area is 198 Å². The first kappa shape index (κ1) is 22.1. The molecule has 3 heterocycles. The lowest BCUT2D eigenvalue weighted by atomic mass is 9.95. The van der Waals surface area contributed by atoms with Gasteiger partial charge >= 0.3 is 6.09 Å². The number of pyridine rings is 1.